The van der Waals surface area contributed by atoms with Crippen molar-refractivity contribution in [3.8, 4) is 23.0 Å². The quantitative estimate of drug-likeness (QED) is 0.304. The van der Waals surface area contributed by atoms with E-state index in [-0.39, 0.29) is 28.9 Å². The van der Waals surface area contributed by atoms with Gasteiger partial charge in [-0.15, -0.1) is 0 Å². The molecule has 3 aromatic carbocycles. The van der Waals surface area contributed by atoms with E-state index in [1.807, 2.05) is 6.92 Å². The Morgan fingerprint density at radius 3 is 1.76 bits per heavy atom. The van der Waals surface area contributed by atoms with Crippen molar-refractivity contribution in [2.75, 3.05) is 6.54 Å². The number of hydrogen-bond acceptors (Lipinski definition) is 8. The summed E-state index contributed by atoms with van der Waals surface area (Å²) in [6.07, 6.45) is 0. The molecule has 2 heterocycles. The maximum atomic E-state index is 13.3. The predicted octanol–water partition coefficient (Wildman–Crippen LogP) is 5.91. The van der Waals surface area contributed by atoms with Crippen molar-refractivity contribution in [3.63, 3.8) is 0 Å². The van der Waals surface area contributed by atoms with E-state index in [9.17, 15) is 19.2 Å². The molecule has 0 aliphatic carbocycles. The molecule has 0 fully saturated rings. The third-order valence-electron chi connectivity index (χ3n) is 6.99. The first-order valence-corrected chi connectivity index (χ1v) is 13.7. The molecule has 218 valence electrons. The fourth-order valence-corrected chi connectivity index (χ4v) is 4.73. The maximum Gasteiger partial charge on any atom is 0.340 e. The first-order valence-electron chi connectivity index (χ1n) is 13.7. The van der Waals surface area contributed by atoms with Gasteiger partial charge < -0.3 is 24.3 Å². The van der Waals surface area contributed by atoms with Crippen LogP contribution >= 0.6 is 0 Å². The number of nitrogens with one attached hydrogen (secondary N) is 1. The van der Waals surface area contributed by atoms with Crippen molar-refractivity contribution in [2.24, 2.45) is 10.8 Å². The maximum absolute atomic E-state index is 13.3. The van der Waals surface area contributed by atoms with Crippen LogP contribution in [-0.2, 0) is 19.9 Å². The number of carbonyl (C=O) groups excluding carboxylic acids is 4. The van der Waals surface area contributed by atoms with E-state index in [0.717, 1.165) is 0 Å². The molecule has 9 heteroatoms. The van der Waals surface area contributed by atoms with Gasteiger partial charge in [-0.1, -0.05) is 0 Å². The van der Waals surface area contributed by atoms with Crippen LogP contribution < -0.4 is 19.5 Å². The molecule has 1 amide bonds. The van der Waals surface area contributed by atoms with Gasteiger partial charge >= 0.3 is 17.9 Å². The zero-order chi connectivity index (χ0) is 30.6. The summed E-state index contributed by atoms with van der Waals surface area (Å²) in [6.45, 7) is 12.7. The Morgan fingerprint density at radius 2 is 1.29 bits per heavy atom. The molecule has 0 aromatic heterocycles. The molecule has 2 aliphatic rings. The highest BCUT2D eigenvalue weighted by Crippen LogP contribution is 2.57. The van der Waals surface area contributed by atoms with Crippen LogP contribution in [0.15, 0.2) is 54.6 Å². The lowest BCUT2D eigenvalue weighted by atomic mass is 9.77. The van der Waals surface area contributed by atoms with E-state index in [1.165, 1.54) is 0 Å². The summed E-state index contributed by atoms with van der Waals surface area (Å²) in [5.74, 6) is -0.724. The van der Waals surface area contributed by atoms with Crippen LogP contribution in [0.2, 0.25) is 0 Å². The van der Waals surface area contributed by atoms with Crippen molar-refractivity contribution in [3.05, 3.63) is 82.4 Å². The fourth-order valence-electron chi connectivity index (χ4n) is 4.73. The van der Waals surface area contributed by atoms with Gasteiger partial charge in [-0.05, 0) is 90.9 Å². The van der Waals surface area contributed by atoms with Gasteiger partial charge in [0.05, 0.1) is 16.4 Å². The van der Waals surface area contributed by atoms with Gasteiger partial charge in [0.2, 0.25) is 0 Å². The zero-order valence-corrected chi connectivity index (χ0v) is 24.7. The summed E-state index contributed by atoms with van der Waals surface area (Å²) in [4.78, 5) is 51.3. The summed E-state index contributed by atoms with van der Waals surface area (Å²) in [7, 11) is 0. The fraction of sp³-hybridized carbons (Fsp3) is 0.333. The highest BCUT2D eigenvalue weighted by atomic mass is 16.6. The van der Waals surface area contributed by atoms with Crippen LogP contribution in [0.4, 0.5) is 0 Å². The van der Waals surface area contributed by atoms with Crippen molar-refractivity contribution in [1.29, 1.82) is 0 Å². The summed E-state index contributed by atoms with van der Waals surface area (Å²) < 4.78 is 23.7. The van der Waals surface area contributed by atoms with Gasteiger partial charge in [0.1, 0.15) is 23.0 Å². The Morgan fingerprint density at radius 1 is 0.762 bits per heavy atom. The van der Waals surface area contributed by atoms with Crippen LogP contribution in [-0.4, -0.2) is 30.4 Å². The number of fused-ring (bicyclic) bond motifs is 6. The van der Waals surface area contributed by atoms with E-state index in [4.69, 9.17) is 18.9 Å². The molecule has 0 unspecified atom stereocenters. The lowest BCUT2D eigenvalue weighted by Gasteiger charge is -2.37. The summed E-state index contributed by atoms with van der Waals surface area (Å²) >= 11 is 0. The minimum absolute atomic E-state index is 0.239. The molecule has 0 atom stereocenters. The van der Waals surface area contributed by atoms with Gasteiger partial charge in [-0.3, -0.25) is 14.4 Å². The van der Waals surface area contributed by atoms with Gasteiger partial charge in [0, 0.05) is 40.9 Å². The smallest absolute Gasteiger partial charge is 0.340 e. The zero-order valence-electron chi connectivity index (χ0n) is 24.7. The van der Waals surface area contributed by atoms with E-state index in [1.54, 1.807) is 96.1 Å². The normalized spacial score (nSPS) is 14.6. The number of amides is 1. The highest BCUT2D eigenvalue weighted by molar-refractivity contribution is 6.00. The van der Waals surface area contributed by atoms with Gasteiger partial charge in [0.25, 0.3) is 5.91 Å². The topological polar surface area (TPSA) is 117 Å². The molecule has 1 N–H and O–H groups in total. The van der Waals surface area contributed by atoms with Crippen LogP contribution in [0.1, 0.15) is 85.9 Å². The number of rotatable bonds is 4. The Bertz CT molecular complexity index is 1560. The molecule has 5 rings (SSSR count). The number of benzene rings is 3. The monoisotopic (exact) mass is 571 g/mol. The summed E-state index contributed by atoms with van der Waals surface area (Å²) in [6, 6.07) is 14.5. The molecule has 9 nitrogen and oxygen atoms in total. The average Bonchev–Trinajstić information content (AvgIpc) is 3.19. The first kappa shape index (κ1) is 28.9. The number of hydrogen-bond donors (Lipinski definition) is 1. The Balaban J connectivity index is 1.70. The lowest BCUT2D eigenvalue weighted by molar-refractivity contribution is -0.143. The van der Waals surface area contributed by atoms with Crippen LogP contribution in [0, 0.1) is 10.8 Å². The van der Waals surface area contributed by atoms with Crippen molar-refractivity contribution in [2.45, 2.75) is 54.1 Å². The third-order valence-corrected chi connectivity index (χ3v) is 6.99. The second kappa shape index (κ2) is 10.0. The number of ether oxygens (including phenoxy) is 4. The summed E-state index contributed by atoms with van der Waals surface area (Å²) in [5, 5.41) is 2.78. The largest absolute Gasteiger partial charge is 0.456 e. The van der Waals surface area contributed by atoms with Gasteiger partial charge in [-0.25, -0.2) is 4.79 Å². The SMILES string of the molecule is CCNC(=O)c1ccc2c(c1)C1(OC2=O)c2ccc(OC(=O)C(C)(C)C)cc2Oc2cc(OC(=O)C(C)(C)C)ccc21. The van der Waals surface area contributed by atoms with Crippen LogP contribution in [0.5, 0.6) is 23.0 Å². The van der Waals surface area contributed by atoms with E-state index in [0.29, 0.717) is 34.4 Å². The van der Waals surface area contributed by atoms with Crippen molar-refractivity contribution >= 4 is 23.8 Å². The van der Waals surface area contributed by atoms with E-state index < -0.39 is 34.3 Å². The molecule has 2 aliphatic heterocycles. The first-order chi connectivity index (χ1) is 19.6. The second-order valence-corrected chi connectivity index (χ2v) is 12.4. The Kier molecular flexibility index (Phi) is 6.88. The standard InChI is InChI=1S/C33H33NO8/c1-8-34-27(35)18-9-12-21-24(15-18)33(42-28(21)36)22-13-10-19(39-29(37)31(2,3)4)16-25(22)41-26-17-20(11-14-23(26)33)40-30(38)32(5,6)7/h9-17H,8H2,1-7H3,(H,34,35). The molecular weight excluding hydrogens is 538 g/mol. The van der Waals surface area contributed by atoms with Crippen LogP contribution in [0.25, 0.3) is 0 Å². The molecule has 0 saturated heterocycles. The molecule has 0 radical (unpaired) electrons. The molecule has 3 aromatic rings. The van der Waals surface area contributed by atoms with Crippen molar-refractivity contribution < 1.29 is 38.1 Å². The van der Waals surface area contributed by atoms with Gasteiger partial charge in [-0.2, -0.15) is 0 Å². The lowest BCUT2D eigenvalue weighted by Crippen LogP contribution is -2.33. The molecule has 0 bridgehead atoms. The Labute approximate surface area is 244 Å². The van der Waals surface area contributed by atoms with E-state index >= 15 is 0 Å². The number of esters is 3. The predicted molar refractivity (Wildman–Crippen MR) is 153 cm³/mol. The van der Waals surface area contributed by atoms with Gasteiger partial charge in [0.15, 0.2) is 5.60 Å². The molecule has 1 spiro atoms. The minimum atomic E-state index is -1.49. The highest BCUT2D eigenvalue weighted by Gasteiger charge is 2.54. The third kappa shape index (κ3) is 4.89. The molecule has 42 heavy (non-hydrogen) atoms. The van der Waals surface area contributed by atoms with E-state index in [2.05, 4.69) is 5.32 Å². The molecule has 0 saturated carbocycles. The summed E-state index contributed by atoms with van der Waals surface area (Å²) in [5.41, 5.74) is -0.909. The molecular formula is C33H33NO8. The number of carbonyl (C=O) groups is 4. The Hall–Kier alpha value is -4.66. The minimum Gasteiger partial charge on any atom is -0.456 e. The average molecular weight is 572 g/mol. The van der Waals surface area contributed by atoms with Crippen molar-refractivity contribution in [1.82, 2.24) is 5.32 Å². The second-order valence-electron chi connectivity index (χ2n) is 12.4. The van der Waals surface area contributed by atoms with Crippen LogP contribution in [0.3, 0.4) is 0 Å².